The molecule has 0 aromatic rings. The van der Waals surface area contributed by atoms with Crippen LogP contribution in [0.25, 0.3) is 0 Å². The van der Waals surface area contributed by atoms with Gasteiger partial charge in [0.25, 0.3) is 0 Å². The third kappa shape index (κ3) is 14.0. The average molecular weight is 621 g/mol. The minimum Gasteiger partial charge on any atom is -0.455 e. The Bertz CT molecular complexity index is 842. The average Bonchev–Trinajstić information content (AvgIpc) is 3.76. The van der Waals surface area contributed by atoms with Gasteiger partial charge in [0.1, 0.15) is 11.9 Å². The zero-order valence-corrected chi connectivity index (χ0v) is 28.0. The van der Waals surface area contributed by atoms with E-state index in [1.165, 1.54) is 44.9 Å². The lowest BCUT2D eigenvalue weighted by atomic mass is 10.00. The van der Waals surface area contributed by atoms with E-state index in [1.807, 2.05) is 13.0 Å². The van der Waals surface area contributed by atoms with E-state index in [9.17, 15) is 19.8 Å². The number of ether oxygens (including phenoxy) is 3. The number of esters is 1. The molecule has 3 rings (SSSR count). The van der Waals surface area contributed by atoms with Crippen molar-refractivity contribution in [1.82, 2.24) is 0 Å². The topological polar surface area (TPSA) is 102 Å². The molecule has 0 spiro atoms. The molecule has 3 aliphatic heterocycles. The largest absolute Gasteiger partial charge is 0.455 e. The van der Waals surface area contributed by atoms with Gasteiger partial charge in [-0.25, -0.2) is 4.79 Å². The molecular formula is C37H64O7. The molecule has 2 N–H and O–H groups in total. The van der Waals surface area contributed by atoms with Gasteiger partial charge in [0.2, 0.25) is 0 Å². The van der Waals surface area contributed by atoms with Crippen LogP contribution in [0.1, 0.15) is 168 Å². The molecular weight excluding hydrogens is 556 g/mol. The van der Waals surface area contributed by atoms with Gasteiger partial charge in [-0.1, -0.05) is 96.8 Å². The van der Waals surface area contributed by atoms with Crippen molar-refractivity contribution in [2.45, 2.75) is 211 Å². The van der Waals surface area contributed by atoms with Crippen molar-refractivity contribution in [3.8, 4) is 0 Å². The van der Waals surface area contributed by atoms with Crippen LogP contribution in [-0.4, -0.2) is 64.7 Å². The Hall–Kier alpha value is -1.28. The predicted octanol–water partition coefficient (Wildman–Crippen LogP) is 8.07. The van der Waals surface area contributed by atoms with Crippen LogP contribution in [-0.2, 0) is 23.8 Å². The fourth-order valence-electron chi connectivity index (χ4n) is 7.12. The van der Waals surface area contributed by atoms with Crippen molar-refractivity contribution < 1.29 is 34.0 Å². The van der Waals surface area contributed by atoms with Crippen molar-refractivity contribution >= 4 is 11.8 Å². The summed E-state index contributed by atoms with van der Waals surface area (Å²) in [5.41, 5.74) is 0.645. The first-order valence-corrected chi connectivity index (χ1v) is 18.5. The van der Waals surface area contributed by atoms with Crippen molar-refractivity contribution in [3.05, 3.63) is 11.6 Å². The minimum absolute atomic E-state index is 0.0434. The van der Waals surface area contributed by atoms with E-state index in [4.69, 9.17) is 14.2 Å². The minimum atomic E-state index is -0.416. The maximum absolute atomic E-state index is 12.1. The number of rotatable bonds is 25. The highest BCUT2D eigenvalue weighted by Gasteiger charge is 2.40. The summed E-state index contributed by atoms with van der Waals surface area (Å²) < 4.78 is 17.6. The number of ketones is 1. The summed E-state index contributed by atoms with van der Waals surface area (Å²) in [6, 6.07) is 0. The van der Waals surface area contributed by atoms with E-state index in [2.05, 4.69) is 6.92 Å². The molecule has 0 amide bonds. The molecule has 7 atom stereocenters. The third-order valence-electron chi connectivity index (χ3n) is 9.92. The fourth-order valence-corrected chi connectivity index (χ4v) is 7.12. The Morgan fingerprint density at radius 2 is 1.20 bits per heavy atom. The van der Waals surface area contributed by atoms with Gasteiger partial charge in [0, 0.05) is 18.4 Å². The summed E-state index contributed by atoms with van der Waals surface area (Å²) in [4.78, 5) is 23.7. The molecule has 0 radical (unpaired) electrons. The number of carbonyl (C=O) groups is 2. The molecule has 2 saturated heterocycles. The monoisotopic (exact) mass is 620 g/mol. The fraction of sp³-hybridized carbons (Fsp3) is 0.892. The Morgan fingerprint density at radius 3 is 1.68 bits per heavy atom. The van der Waals surface area contributed by atoms with E-state index < -0.39 is 6.10 Å². The van der Waals surface area contributed by atoms with Gasteiger partial charge in [0.05, 0.1) is 36.6 Å². The van der Waals surface area contributed by atoms with Crippen LogP contribution in [0.3, 0.4) is 0 Å². The standard InChI is InChI=1S/C37H64O7/c1-3-4-5-6-7-10-13-16-19-31(39)33-23-25-35(43-33)36-26-24-34(44-36)32(40)20-17-14-11-8-9-12-15-18-30(38)22-21-29-27-28(2)42-37(29)41/h27-28,31-36,39-40H,3-26H2,1-2H3/t28-,31+,32+,33+,34+,35+,36+/m0/s1. The first-order chi connectivity index (χ1) is 21.4. The molecule has 0 aromatic heterocycles. The molecule has 0 saturated carbocycles. The van der Waals surface area contributed by atoms with Gasteiger partial charge < -0.3 is 24.4 Å². The predicted molar refractivity (Wildman–Crippen MR) is 174 cm³/mol. The molecule has 254 valence electrons. The second-order valence-electron chi connectivity index (χ2n) is 13.8. The highest BCUT2D eigenvalue weighted by atomic mass is 16.6. The van der Waals surface area contributed by atoms with Gasteiger partial charge in [-0.3, -0.25) is 4.79 Å². The third-order valence-corrected chi connectivity index (χ3v) is 9.92. The molecule has 3 aliphatic rings. The van der Waals surface area contributed by atoms with Gasteiger partial charge in [0.15, 0.2) is 0 Å². The van der Waals surface area contributed by atoms with Crippen LogP contribution in [0.4, 0.5) is 0 Å². The molecule has 0 bridgehead atoms. The number of hydrogen-bond acceptors (Lipinski definition) is 7. The van der Waals surface area contributed by atoms with Gasteiger partial charge in [-0.2, -0.15) is 0 Å². The normalized spacial score (nSPS) is 26.6. The number of hydrogen-bond donors (Lipinski definition) is 2. The van der Waals surface area contributed by atoms with Crippen LogP contribution in [0.5, 0.6) is 0 Å². The number of aliphatic hydroxyl groups excluding tert-OH is 2. The molecule has 0 unspecified atom stereocenters. The zero-order chi connectivity index (χ0) is 31.6. The van der Waals surface area contributed by atoms with Crippen LogP contribution < -0.4 is 0 Å². The maximum atomic E-state index is 12.1. The first-order valence-electron chi connectivity index (χ1n) is 18.5. The quantitative estimate of drug-likeness (QED) is 0.0786. The summed E-state index contributed by atoms with van der Waals surface area (Å²) in [6.45, 7) is 4.09. The van der Waals surface area contributed by atoms with Gasteiger partial charge in [-0.05, 0) is 64.4 Å². The highest BCUT2D eigenvalue weighted by Crippen LogP contribution is 2.34. The molecule has 7 heteroatoms. The number of aliphatic hydroxyl groups is 2. The summed E-state index contributed by atoms with van der Waals surface area (Å²) >= 11 is 0. The first kappa shape index (κ1) is 37.2. The summed E-state index contributed by atoms with van der Waals surface area (Å²) in [7, 11) is 0. The highest BCUT2D eigenvalue weighted by molar-refractivity contribution is 5.91. The summed E-state index contributed by atoms with van der Waals surface area (Å²) in [6.07, 6.45) is 25.3. The maximum Gasteiger partial charge on any atom is 0.334 e. The molecule has 0 aromatic carbocycles. The van der Waals surface area contributed by atoms with E-state index in [-0.39, 0.29) is 48.4 Å². The zero-order valence-electron chi connectivity index (χ0n) is 28.0. The van der Waals surface area contributed by atoms with Crippen LogP contribution >= 0.6 is 0 Å². The number of unbranched alkanes of at least 4 members (excludes halogenated alkanes) is 13. The summed E-state index contributed by atoms with van der Waals surface area (Å²) in [5.74, 6) is -0.0414. The van der Waals surface area contributed by atoms with Gasteiger partial charge in [-0.15, -0.1) is 0 Å². The van der Waals surface area contributed by atoms with E-state index in [1.54, 1.807) is 0 Å². The number of cyclic esters (lactones) is 1. The second kappa shape index (κ2) is 21.5. The van der Waals surface area contributed by atoms with Crippen LogP contribution in [0.15, 0.2) is 11.6 Å². The number of Topliss-reactive ketones (excluding diaryl/α,β-unsaturated/α-hetero) is 1. The lowest BCUT2D eigenvalue weighted by molar-refractivity contribution is -0.139. The van der Waals surface area contributed by atoms with E-state index in [0.717, 1.165) is 89.9 Å². The SMILES string of the molecule is CCCCCCCCCC[C@@H](O)[C@H]1CC[C@H]([C@H]2CC[C@H]([C@H](O)CCCCCCCCCC(=O)CCC3=C[C@H](C)OC3=O)O2)O1. The van der Waals surface area contributed by atoms with E-state index in [0.29, 0.717) is 24.8 Å². The van der Waals surface area contributed by atoms with Crippen molar-refractivity contribution in [2.75, 3.05) is 0 Å². The smallest absolute Gasteiger partial charge is 0.334 e. The Balaban J connectivity index is 1.13. The Labute approximate surface area is 267 Å². The molecule has 2 fully saturated rings. The van der Waals surface area contributed by atoms with Crippen molar-refractivity contribution in [1.29, 1.82) is 0 Å². The molecule has 44 heavy (non-hydrogen) atoms. The Morgan fingerprint density at radius 1 is 0.727 bits per heavy atom. The molecule has 3 heterocycles. The van der Waals surface area contributed by atoms with E-state index >= 15 is 0 Å². The Kier molecular flexibility index (Phi) is 18.2. The van der Waals surface area contributed by atoms with Crippen LogP contribution in [0, 0.1) is 0 Å². The van der Waals surface area contributed by atoms with Crippen molar-refractivity contribution in [3.63, 3.8) is 0 Å². The lowest BCUT2D eigenvalue weighted by Gasteiger charge is -2.24. The molecule has 0 aliphatic carbocycles. The molecule has 7 nitrogen and oxygen atoms in total. The van der Waals surface area contributed by atoms with Gasteiger partial charge >= 0.3 is 5.97 Å². The summed E-state index contributed by atoms with van der Waals surface area (Å²) in [5, 5.41) is 21.4. The van der Waals surface area contributed by atoms with Crippen molar-refractivity contribution in [2.24, 2.45) is 0 Å². The second-order valence-corrected chi connectivity index (χ2v) is 13.8. The lowest BCUT2D eigenvalue weighted by Crippen LogP contribution is -2.33. The number of carbonyl (C=O) groups excluding carboxylic acids is 2. The van der Waals surface area contributed by atoms with Crippen LogP contribution in [0.2, 0.25) is 0 Å².